The zero-order valence-electron chi connectivity index (χ0n) is 14.6. The van der Waals surface area contributed by atoms with Gasteiger partial charge in [0.05, 0.1) is 17.9 Å². The number of carbonyl (C=O) groups is 1. The van der Waals surface area contributed by atoms with Gasteiger partial charge in [-0.2, -0.15) is 0 Å². The molecule has 0 aliphatic carbocycles. The quantitative estimate of drug-likeness (QED) is 0.799. The van der Waals surface area contributed by atoms with Crippen LogP contribution in [0.5, 0.6) is 0 Å². The minimum absolute atomic E-state index is 0.376. The van der Waals surface area contributed by atoms with Gasteiger partial charge in [-0.1, -0.05) is 12.1 Å². The Morgan fingerprint density at radius 3 is 2.54 bits per heavy atom. The van der Waals surface area contributed by atoms with Gasteiger partial charge in [0.2, 0.25) is 5.91 Å². The molecular formula is C17H24BN3O3. The number of nitrogens with zero attached hydrogens (tertiary/aromatic N) is 1. The van der Waals surface area contributed by atoms with Crippen molar-refractivity contribution >= 4 is 24.2 Å². The molecule has 0 bridgehead atoms. The number of hydrogen-bond donors (Lipinski definition) is 2. The van der Waals surface area contributed by atoms with Crippen LogP contribution in [-0.4, -0.2) is 37.4 Å². The van der Waals surface area contributed by atoms with E-state index in [1.54, 1.807) is 6.20 Å². The van der Waals surface area contributed by atoms with Gasteiger partial charge in [0.25, 0.3) is 0 Å². The second-order valence-electron chi connectivity index (χ2n) is 7.26. The molecule has 24 heavy (non-hydrogen) atoms. The highest BCUT2D eigenvalue weighted by Crippen LogP contribution is 2.36. The Hall–Kier alpha value is -1.83. The van der Waals surface area contributed by atoms with Crippen LogP contribution >= 0.6 is 0 Å². The summed E-state index contributed by atoms with van der Waals surface area (Å²) in [5.74, 6) is -0.408. The largest absolute Gasteiger partial charge is 0.494 e. The van der Waals surface area contributed by atoms with Crippen LogP contribution in [0.15, 0.2) is 36.0 Å². The van der Waals surface area contributed by atoms with Crippen LogP contribution in [0.2, 0.25) is 0 Å². The predicted octanol–water partition coefficient (Wildman–Crippen LogP) is 0.722. The fourth-order valence-electron chi connectivity index (χ4n) is 2.74. The molecule has 2 aliphatic rings. The van der Waals surface area contributed by atoms with Crippen LogP contribution in [0.4, 0.5) is 5.69 Å². The van der Waals surface area contributed by atoms with Crippen molar-refractivity contribution in [3.63, 3.8) is 0 Å². The lowest BCUT2D eigenvalue weighted by molar-refractivity contribution is -0.114. The number of amides is 1. The molecule has 2 heterocycles. The van der Waals surface area contributed by atoms with E-state index < -0.39 is 13.0 Å². The lowest BCUT2D eigenvalue weighted by Gasteiger charge is -2.32. The Kier molecular flexibility index (Phi) is 4.19. The van der Waals surface area contributed by atoms with Crippen molar-refractivity contribution in [3.05, 3.63) is 36.0 Å². The van der Waals surface area contributed by atoms with Gasteiger partial charge in [0.1, 0.15) is 0 Å². The Balaban J connectivity index is 1.86. The second-order valence-corrected chi connectivity index (χ2v) is 7.26. The third-order valence-electron chi connectivity index (χ3n) is 4.95. The molecule has 0 atom stereocenters. The van der Waals surface area contributed by atoms with E-state index in [2.05, 4.69) is 5.32 Å². The van der Waals surface area contributed by atoms with Gasteiger partial charge < -0.3 is 19.9 Å². The van der Waals surface area contributed by atoms with Crippen molar-refractivity contribution in [1.82, 2.24) is 5.32 Å². The molecule has 1 saturated heterocycles. The molecule has 2 aliphatic heterocycles. The first-order valence-electron chi connectivity index (χ1n) is 8.13. The van der Waals surface area contributed by atoms with E-state index in [-0.39, 0.29) is 11.2 Å². The Morgan fingerprint density at radius 1 is 1.25 bits per heavy atom. The minimum atomic E-state index is -0.410. The fraction of sp³-hybridized carbons (Fsp3) is 0.471. The molecule has 0 unspecified atom stereocenters. The zero-order chi connectivity index (χ0) is 17.5. The number of rotatable bonds is 3. The summed E-state index contributed by atoms with van der Waals surface area (Å²) >= 11 is 0. The van der Waals surface area contributed by atoms with E-state index in [1.165, 1.54) is 0 Å². The highest BCUT2D eigenvalue weighted by molar-refractivity contribution is 6.62. The Morgan fingerprint density at radius 2 is 1.92 bits per heavy atom. The summed E-state index contributed by atoms with van der Waals surface area (Å²) in [6.07, 6.45) is 1.79. The first-order valence-corrected chi connectivity index (χ1v) is 8.13. The molecule has 7 heteroatoms. The second kappa shape index (κ2) is 5.91. The first kappa shape index (κ1) is 17.0. The Labute approximate surface area is 143 Å². The average molecular weight is 329 g/mol. The summed E-state index contributed by atoms with van der Waals surface area (Å²) < 4.78 is 12.2. The van der Waals surface area contributed by atoms with E-state index in [1.807, 2.05) is 56.9 Å². The van der Waals surface area contributed by atoms with Gasteiger partial charge in [-0.15, -0.1) is 0 Å². The van der Waals surface area contributed by atoms with E-state index in [0.717, 1.165) is 11.2 Å². The number of nitrogens with two attached hydrogens (primary N) is 1. The van der Waals surface area contributed by atoms with Crippen LogP contribution in [0.25, 0.3) is 0 Å². The number of primary amides is 1. The molecule has 1 fully saturated rings. The molecule has 1 aromatic rings. The van der Waals surface area contributed by atoms with Crippen molar-refractivity contribution < 1.29 is 14.1 Å². The van der Waals surface area contributed by atoms with E-state index in [0.29, 0.717) is 18.8 Å². The number of benzene rings is 1. The summed E-state index contributed by atoms with van der Waals surface area (Å²) in [4.78, 5) is 13.4. The molecule has 0 aromatic heterocycles. The van der Waals surface area contributed by atoms with Gasteiger partial charge in [0.15, 0.2) is 0 Å². The standard InChI is InChI=1S/C17H24BN3O3/c1-16(2)17(3,4)24-18(23-16)13-6-5-7-14(8-13)21-10-12(15(19)22)9-20-11-21/h5-8,10,20H,9,11H2,1-4H3,(H2,19,22). The van der Waals surface area contributed by atoms with Crippen molar-refractivity contribution in [1.29, 1.82) is 0 Å². The average Bonchev–Trinajstić information content (AvgIpc) is 2.76. The molecule has 3 N–H and O–H groups in total. The van der Waals surface area contributed by atoms with Crippen LogP contribution in [-0.2, 0) is 14.1 Å². The van der Waals surface area contributed by atoms with Crippen LogP contribution in [0.3, 0.4) is 0 Å². The number of hydrogen-bond acceptors (Lipinski definition) is 5. The predicted molar refractivity (Wildman–Crippen MR) is 94.8 cm³/mol. The van der Waals surface area contributed by atoms with E-state index in [9.17, 15) is 4.79 Å². The molecule has 3 rings (SSSR count). The fourth-order valence-corrected chi connectivity index (χ4v) is 2.74. The molecule has 128 valence electrons. The molecule has 6 nitrogen and oxygen atoms in total. The van der Waals surface area contributed by atoms with Crippen molar-refractivity contribution in [2.75, 3.05) is 18.1 Å². The summed E-state index contributed by atoms with van der Waals surface area (Å²) in [5.41, 5.74) is 7.09. The highest BCUT2D eigenvalue weighted by atomic mass is 16.7. The summed E-state index contributed by atoms with van der Waals surface area (Å²) in [7, 11) is -0.410. The molecule has 1 amide bonds. The van der Waals surface area contributed by atoms with Crippen LogP contribution in [0, 0.1) is 0 Å². The lowest BCUT2D eigenvalue weighted by Crippen LogP contribution is -2.41. The maximum atomic E-state index is 11.4. The van der Waals surface area contributed by atoms with Gasteiger partial charge in [-0.05, 0) is 45.3 Å². The van der Waals surface area contributed by atoms with Gasteiger partial charge >= 0.3 is 7.12 Å². The van der Waals surface area contributed by atoms with Crippen molar-refractivity contribution in [2.24, 2.45) is 5.73 Å². The molecular weight excluding hydrogens is 305 g/mol. The third kappa shape index (κ3) is 3.07. The Bertz CT molecular complexity index is 671. The zero-order valence-corrected chi connectivity index (χ0v) is 14.6. The van der Waals surface area contributed by atoms with Crippen molar-refractivity contribution in [2.45, 2.75) is 38.9 Å². The highest BCUT2D eigenvalue weighted by Gasteiger charge is 2.51. The van der Waals surface area contributed by atoms with Crippen molar-refractivity contribution in [3.8, 4) is 0 Å². The summed E-state index contributed by atoms with van der Waals surface area (Å²) in [6.45, 7) is 9.24. The third-order valence-corrected chi connectivity index (χ3v) is 4.95. The minimum Gasteiger partial charge on any atom is -0.399 e. The topological polar surface area (TPSA) is 76.8 Å². The maximum Gasteiger partial charge on any atom is 0.494 e. The molecule has 0 spiro atoms. The lowest BCUT2D eigenvalue weighted by atomic mass is 9.79. The van der Waals surface area contributed by atoms with Gasteiger partial charge in [-0.3, -0.25) is 10.1 Å². The number of nitrogens with one attached hydrogen (secondary N) is 1. The molecule has 1 aromatic carbocycles. The first-order chi connectivity index (χ1) is 11.2. The van der Waals surface area contributed by atoms with E-state index in [4.69, 9.17) is 15.0 Å². The monoisotopic (exact) mass is 329 g/mol. The van der Waals surface area contributed by atoms with Crippen LogP contribution in [0.1, 0.15) is 27.7 Å². The van der Waals surface area contributed by atoms with Gasteiger partial charge in [-0.25, -0.2) is 0 Å². The molecule has 0 radical (unpaired) electrons. The maximum absolute atomic E-state index is 11.4. The SMILES string of the molecule is CC1(C)OB(c2cccc(N3C=C(C(N)=O)CNC3)c2)OC1(C)C. The van der Waals surface area contributed by atoms with E-state index >= 15 is 0 Å². The molecule has 0 saturated carbocycles. The normalized spacial score (nSPS) is 22.4. The number of carbonyl (C=O) groups excluding carboxylic acids is 1. The number of anilines is 1. The summed E-state index contributed by atoms with van der Waals surface area (Å²) in [6, 6.07) is 7.95. The summed E-state index contributed by atoms with van der Waals surface area (Å²) in [5, 5.41) is 3.17. The van der Waals surface area contributed by atoms with Gasteiger partial charge in [0, 0.05) is 24.0 Å². The van der Waals surface area contributed by atoms with Crippen LogP contribution < -0.4 is 21.4 Å². The smallest absolute Gasteiger partial charge is 0.399 e.